The van der Waals surface area contributed by atoms with Crippen LogP contribution >= 0.6 is 0 Å². The molecule has 0 aliphatic heterocycles. The second kappa shape index (κ2) is 7.57. The van der Waals surface area contributed by atoms with Gasteiger partial charge in [-0.05, 0) is 51.5 Å². The summed E-state index contributed by atoms with van der Waals surface area (Å²) in [4.78, 5) is 17.0. The zero-order valence-corrected chi connectivity index (χ0v) is 13.2. The normalized spacial score (nSPS) is 21.7. The van der Waals surface area contributed by atoms with E-state index in [0.717, 1.165) is 38.0 Å². The van der Waals surface area contributed by atoms with Gasteiger partial charge in [-0.1, -0.05) is 24.6 Å². The lowest BCUT2D eigenvalue weighted by molar-refractivity contribution is -0.123. The summed E-state index contributed by atoms with van der Waals surface area (Å²) in [5, 5.41) is 0. The molecule has 0 spiro atoms. The van der Waals surface area contributed by atoms with E-state index in [4.69, 9.17) is 5.73 Å². The van der Waals surface area contributed by atoms with Gasteiger partial charge in [0.25, 0.3) is 0 Å². The summed E-state index contributed by atoms with van der Waals surface area (Å²) in [7, 11) is 4.07. The van der Waals surface area contributed by atoms with Crippen LogP contribution in [0.1, 0.15) is 19.3 Å². The van der Waals surface area contributed by atoms with Crippen LogP contribution in [0.2, 0.25) is 0 Å². The van der Waals surface area contributed by atoms with E-state index in [0.29, 0.717) is 12.5 Å². The lowest BCUT2D eigenvalue weighted by Crippen LogP contribution is -2.42. The van der Waals surface area contributed by atoms with Crippen molar-refractivity contribution in [2.75, 3.05) is 38.6 Å². The molecular formula is C17H27N3O. The molecule has 0 bridgehead atoms. The average Bonchev–Trinajstić information content (AvgIpc) is 2.96. The largest absolute Gasteiger partial charge is 0.330 e. The Kier molecular flexibility index (Phi) is 5.76. The molecule has 2 N–H and O–H groups in total. The summed E-state index contributed by atoms with van der Waals surface area (Å²) in [5.41, 5.74) is 6.84. The lowest BCUT2D eigenvalue weighted by Gasteiger charge is -2.29. The third-order valence-electron chi connectivity index (χ3n) is 4.38. The number of carbonyl (C=O) groups excluding carboxylic acids is 1. The number of hydrogen-bond acceptors (Lipinski definition) is 3. The van der Waals surface area contributed by atoms with Crippen molar-refractivity contribution in [2.45, 2.75) is 19.3 Å². The average molecular weight is 289 g/mol. The minimum Gasteiger partial charge on any atom is -0.330 e. The molecule has 0 saturated heterocycles. The van der Waals surface area contributed by atoms with Crippen LogP contribution in [0.15, 0.2) is 30.3 Å². The first-order valence-corrected chi connectivity index (χ1v) is 7.84. The monoisotopic (exact) mass is 289 g/mol. The van der Waals surface area contributed by atoms with Gasteiger partial charge in [0.15, 0.2) is 0 Å². The van der Waals surface area contributed by atoms with Gasteiger partial charge >= 0.3 is 0 Å². The Balaban J connectivity index is 2.16. The van der Waals surface area contributed by atoms with Crippen LogP contribution in [0.5, 0.6) is 0 Å². The lowest BCUT2D eigenvalue weighted by atomic mass is 9.94. The number of anilines is 1. The molecule has 1 aliphatic rings. The Labute approximate surface area is 127 Å². The first-order chi connectivity index (χ1) is 10.1. The van der Waals surface area contributed by atoms with Crippen molar-refractivity contribution in [2.24, 2.45) is 17.6 Å². The molecule has 4 heteroatoms. The van der Waals surface area contributed by atoms with Gasteiger partial charge in [-0.2, -0.15) is 0 Å². The summed E-state index contributed by atoms with van der Waals surface area (Å²) in [6, 6.07) is 9.98. The fraction of sp³-hybridized carbons (Fsp3) is 0.588. The van der Waals surface area contributed by atoms with Gasteiger partial charge in [0.2, 0.25) is 5.91 Å². The number of hydrogen-bond donors (Lipinski definition) is 1. The van der Waals surface area contributed by atoms with E-state index >= 15 is 0 Å². The highest BCUT2D eigenvalue weighted by Crippen LogP contribution is 2.33. The maximum atomic E-state index is 13.0. The van der Waals surface area contributed by atoms with E-state index in [9.17, 15) is 4.79 Å². The Morgan fingerprint density at radius 1 is 1.19 bits per heavy atom. The van der Waals surface area contributed by atoms with Gasteiger partial charge in [-0.15, -0.1) is 0 Å². The van der Waals surface area contributed by atoms with E-state index in [1.54, 1.807) is 0 Å². The highest BCUT2D eigenvalue weighted by molar-refractivity contribution is 5.95. The highest BCUT2D eigenvalue weighted by Gasteiger charge is 2.35. The Hall–Kier alpha value is -1.39. The summed E-state index contributed by atoms with van der Waals surface area (Å²) in [5.74, 6) is 0.691. The van der Waals surface area contributed by atoms with E-state index in [1.807, 2.05) is 49.3 Å². The summed E-state index contributed by atoms with van der Waals surface area (Å²) >= 11 is 0. The van der Waals surface area contributed by atoms with Crippen LogP contribution in [0.25, 0.3) is 0 Å². The first kappa shape index (κ1) is 16.0. The number of nitrogens with zero attached hydrogens (tertiary/aromatic N) is 2. The van der Waals surface area contributed by atoms with Gasteiger partial charge < -0.3 is 15.5 Å². The molecule has 1 amide bonds. The third-order valence-corrected chi connectivity index (χ3v) is 4.38. The number of amides is 1. The molecule has 1 aliphatic carbocycles. The van der Waals surface area contributed by atoms with Gasteiger partial charge in [0.05, 0.1) is 0 Å². The zero-order chi connectivity index (χ0) is 15.2. The SMILES string of the molecule is CN(C)CCN(C(=O)[C@@H]1CCC[C@@H]1CN)c1ccccc1. The van der Waals surface area contributed by atoms with Crippen molar-refractivity contribution < 1.29 is 4.79 Å². The number of benzene rings is 1. The van der Waals surface area contributed by atoms with Gasteiger partial charge in [0.1, 0.15) is 0 Å². The number of para-hydroxylation sites is 1. The van der Waals surface area contributed by atoms with Crippen LogP contribution in [-0.2, 0) is 4.79 Å². The van der Waals surface area contributed by atoms with Gasteiger partial charge in [0, 0.05) is 24.7 Å². The molecule has 1 aromatic carbocycles. The topological polar surface area (TPSA) is 49.6 Å². The fourth-order valence-corrected chi connectivity index (χ4v) is 3.12. The molecule has 0 aromatic heterocycles. The van der Waals surface area contributed by atoms with Crippen molar-refractivity contribution in [3.63, 3.8) is 0 Å². The van der Waals surface area contributed by atoms with Crippen LogP contribution < -0.4 is 10.6 Å². The predicted octanol–water partition coefficient (Wildman–Crippen LogP) is 1.96. The smallest absolute Gasteiger partial charge is 0.230 e. The molecule has 1 saturated carbocycles. The molecule has 4 nitrogen and oxygen atoms in total. The maximum Gasteiger partial charge on any atom is 0.230 e. The Morgan fingerprint density at radius 3 is 2.52 bits per heavy atom. The zero-order valence-electron chi connectivity index (χ0n) is 13.2. The number of likely N-dealkylation sites (N-methyl/N-ethyl adjacent to an activating group) is 1. The quantitative estimate of drug-likeness (QED) is 0.871. The molecule has 1 aromatic rings. The predicted molar refractivity (Wildman–Crippen MR) is 87.2 cm³/mol. The van der Waals surface area contributed by atoms with Crippen LogP contribution in [0, 0.1) is 11.8 Å². The third kappa shape index (κ3) is 4.05. The van der Waals surface area contributed by atoms with Crippen molar-refractivity contribution in [3.05, 3.63) is 30.3 Å². The Morgan fingerprint density at radius 2 is 1.90 bits per heavy atom. The number of rotatable bonds is 6. The van der Waals surface area contributed by atoms with E-state index < -0.39 is 0 Å². The molecule has 0 heterocycles. The number of nitrogens with two attached hydrogens (primary N) is 1. The second-order valence-electron chi connectivity index (χ2n) is 6.16. The van der Waals surface area contributed by atoms with E-state index in [1.165, 1.54) is 0 Å². The minimum absolute atomic E-state index is 0.0948. The molecule has 0 unspecified atom stereocenters. The first-order valence-electron chi connectivity index (χ1n) is 7.84. The van der Waals surface area contributed by atoms with Crippen LogP contribution in [0.4, 0.5) is 5.69 Å². The summed E-state index contributed by atoms with van der Waals surface area (Å²) in [6.45, 7) is 2.21. The second-order valence-corrected chi connectivity index (χ2v) is 6.16. The molecule has 0 radical (unpaired) electrons. The van der Waals surface area contributed by atoms with Crippen molar-refractivity contribution >= 4 is 11.6 Å². The minimum atomic E-state index is 0.0948. The standard InChI is InChI=1S/C17H27N3O/c1-19(2)11-12-20(15-8-4-3-5-9-15)17(21)16-10-6-7-14(16)13-18/h3-5,8-9,14,16H,6-7,10-13,18H2,1-2H3/t14-,16-/m1/s1. The highest BCUT2D eigenvalue weighted by atomic mass is 16.2. The fourth-order valence-electron chi connectivity index (χ4n) is 3.12. The van der Waals surface area contributed by atoms with Gasteiger partial charge in [-0.25, -0.2) is 0 Å². The maximum absolute atomic E-state index is 13.0. The molecule has 116 valence electrons. The van der Waals surface area contributed by atoms with Crippen molar-refractivity contribution in [3.8, 4) is 0 Å². The summed E-state index contributed by atoms with van der Waals surface area (Å²) in [6.07, 6.45) is 3.18. The van der Waals surface area contributed by atoms with Crippen molar-refractivity contribution in [1.29, 1.82) is 0 Å². The Bertz CT molecular complexity index is 447. The molecule has 2 atom stereocenters. The number of carbonyl (C=O) groups is 1. The van der Waals surface area contributed by atoms with Crippen molar-refractivity contribution in [1.82, 2.24) is 4.90 Å². The van der Waals surface area contributed by atoms with E-state index in [-0.39, 0.29) is 11.8 Å². The summed E-state index contributed by atoms with van der Waals surface area (Å²) < 4.78 is 0. The van der Waals surface area contributed by atoms with Gasteiger partial charge in [-0.3, -0.25) is 4.79 Å². The van der Waals surface area contributed by atoms with Crippen LogP contribution in [0.3, 0.4) is 0 Å². The molecule has 1 fully saturated rings. The van der Waals surface area contributed by atoms with Crippen LogP contribution in [-0.4, -0.2) is 44.5 Å². The molecule has 21 heavy (non-hydrogen) atoms. The molecular weight excluding hydrogens is 262 g/mol. The molecule has 2 rings (SSSR count). The van der Waals surface area contributed by atoms with E-state index in [2.05, 4.69) is 4.90 Å².